The normalized spacial score (nSPS) is 16.5. The number of nitrogens with one attached hydrogen (secondary N) is 1. The minimum atomic E-state index is -5.08. The number of aliphatic carboxylic acids is 2. The van der Waals surface area contributed by atoms with Gasteiger partial charge >= 0.3 is 24.3 Å². The van der Waals surface area contributed by atoms with Gasteiger partial charge < -0.3 is 30.7 Å². The highest BCUT2D eigenvalue weighted by Gasteiger charge is 2.38. The zero-order chi connectivity index (χ0) is 24.9. The number of fused-ring (bicyclic) bond motifs is 1. The van der Waals surface area contributed by atoms with E-state index in [1.807, 2.05) is 19.3 Å². The van der Waals surface area contributed by atoms with Crippen molar-refractivity contribution >= 4 is 34.7 Å². The lowest BCUT2D eigenvalue weighted by Crippen LogP contribution is -2.50. The van der Waals surface area contributed by atoms with Gasteiger partial charge in [-0.15, -0.1) is 0 Å². The molecule has 16 heteroatoms. The van der Waals surface area contributed by atoms with Crippen molar-refractivity contribution in [1.82, 2.24) is 19.9 Å². The number of halogens is 6. The van der Waals surface area contributed by atoms with Gasteiger partial charge in [0, 0.05) is 38.9 Å². The smallest absolute Gasteiger partial charge is 0.475 e. The fourth-order valence-corrected chi connectivity index (χ4v) is 2.54. The Balaban J connectivity index is 0.000000305. The molecule has 32 heavy (non-hydrogen) atoms. The summed E-state index contributed by atoms with van der Waals surface area (Å²) < 4.78 is 65.5. The van der Waals surface area contributed by atoms with Gasteiger partial charge in [-0.25, -0.2) is 14.6 Å². The van der Waals surface area contributed by atoms with Gasteiger partial charge in [0.25, 0.3) is 0 Å². The number of anilines is 2. The number of hydrogen-bond acceptors (Lipinski definition) is 7. The van der Waals surface area contributed by atoms with Crippen LogP contribution in [0.5, 0.6) is 0 Å². The number of carbonyl (C=O) groups is 2. The minimum absolute atomic E-state index is 0.342. The van der Waals surface area contributed by atoms with Crippen molar-refractivity contribution in [2.24, 2.45) is 7.05 Å². The first kappa shape index (κ1) is 26.7. The minimum Gasteiger partial charge on any atom is -0.475 e. The summed E-state index contributed by atoms with van der Waals surface area (Å²) in [5.74, 6) is -4.23. The molecule has 0 radical (unpaired) electrons. The number of piperazine rings is 1. The SMILES string of the molecule is C[C@H]1CNCCN1c1nc(N)nc2ccn(C)c12.O=C(O)C(F)(F)F.O=C(O)C(F)(F)F. The summed E-state index contributed by atoms with van der Waals surface area (Å²) >= 11 is 0. The van der Waals surface area contributed by atoms with Gasteiger partial charge in [-0.05, 0) is 13.0 Å². The molecule has 0 unspecified atom stereocenters. The van der Waals surface area contributed by atoms with E-state index < -0.39 is 24.3 Å². The van der Waals surface area contributed by atoms with Crippen LogP contribution in [-0.2, 0) is 16.6 Å². The van der Waals surface area contributed by atoms with Crippen LogP contribution in [0.1, 0.15) is 6.92 Å². The quantitative estimate of drug-likeness (QED) is 0.453. The molecule has 0 bridgehead atoms. The molecule has 3 rings (SSSR count). The van der Waals surface area contributed by atoms with Gasteiger partial charge in [-0.2, -0.15) is 31.3 Å². The standard InChI is InChI=1S/C12H18N6.2C2HF3O2/c1-8-7-14-4-6-18(8)11-10-9(3-5-17(10)2)15-12(13)16-11;2*3-2(4,5)1(6)7/h3,5,8,14H,4,6-7H2,1-2H3,(H2,13,15,16);2*(H,6,7)/t8-;;/m0../s1. The lowest BCUT2D eigenvalue weighted by atomic mass is 10.2. The molecule has 5 N–H and O–H groups in total. The van der Waals surface area contributed by atoms with Crippen LogP contribution < -0.4 is 16.0 Å². The second-order valence-corrected chi connectivity index (χ2v) is 6.42. The number of nitrogen functional groups attached to an aromatic ring is 1. The predicted molar refractivity (Wildman–Crippen MR) is 100.0 cm³/mol. The summed E-state index contributed by atoms with van der Waals surface area (Å²) in [5, 5.41) is 17.6. The molecular formula is C16H20F6N6O4. The number of rotatable bonds is 1. The Hall–Kier alpha value is -3.30. The number of carboxylic acid groups (broad SMARTS) is 2. The van der Waals surface area contributed by atoms with Crippen molar-refractivity contribution in [2.75, 3.05) is 30.3 Å². The Labute approximate surface area is 176 Å². The van der Waals surface area contributed by atoms with E-state index in [4.69, 9.17) is 25.5 Å². The number of nitrogens with two attached hydrogens (primary N) is 1. The molecule has 2 aromatic rings. The maximum atomic E-state index is 10.6. The van der Waals surface area contributed by atoms with Gasteiger partial charge in [0.2, 0.25) is 5.95 Å². The topological polar surface area (TPSA) is 147 Å². The van der Waals surface area contributed by atoms with Gasteiger partial charge in [0.05, 0.1) is 5.52 Å². The summed E-state index contributed by atoms with van der Waals surface area (Å²) in [5.41, 5.74) is 7.77. The van der Waals surface area contributed by atoms with Crippen molar-refractivity contribution in [2.45, 2.75) is 25.3 Å². The van der Waals surface area contributed by atoms with Gasteiger partial charge in [-0.3, -0.25) is 0 Å². The highest BCUT2D eigenvalue weighted by molar-refractivity contribution is 5.88. The lowest BCUT2D eigenvalue weighted by Gasteiger charge is -2.35. The van der Waals surface area contributed by atoms with Crippen LogP contribution in [0.2, 0.25) is 0 Å². The summed E-state index contributed by atoms with van der Waals surface area (Å²) in [6.07, 6.45) is -8.17. The third-order valence-electron chi connectivity index (χ3n) is 3.98. The number of carboxylic acids is 2. The summed E-state index contributed by atoms with van der Waals surface area (Å²) in [6, 6.07) is 2.38. The maximum absolute atomic E-state index is 10.6. The summed E-state index contributed by atoms with van der Waals surface area (Å²) in [6.45, 7) is 5.08. The predicted octanol–water partition coefficient (Wildman–Crippen LogP) is 1.62. The fourth-order valence-electron chi connectivity index (χ4n) is 2.54. The Kier molecular flexibility index (Phi) is 8.64. The van der Waals surface area contributed by atoms with Gasteiger partial charge in [0.15, 0.2) is 5.82 Å². The van der Waals surface area contributed by atoms with E-state index >= 15 is 0 Å². The number of hydrogen-bond donors (Lipinski definition) is 4. The van der Waals surface area contributed by atoms with Crippen molar-refractivity contribution in [3.8, 4) is 0 Å². The molecule has 180 valence electrons. The maximum Gasteiger partial charge on any atom is 0.490 e. The molecule has 0 aromatic carbocycles. The summed E-state index contributed by atoms with van der Waals surface area (Å²) in [4.78, 5) is 28.8. The molecule has 1 aliphatic rings. The van der Waals surface area contributed by atoms with Gasteiger partial charge in [-0.1, -0.05) is 0 Å². The molecule has 0 saturated carbocycles. The average Bonchev–Trinajstić information content (AvgIpc) is 3.01. The van der Waals surface area contributed by atoms with Crippen LogP contribution in [0.3, 0.4) is 0 Å². The monoisotopic (exact) mass is 474 g/mol. The van der Waals surface area contributed by atoms with Crippen molar-refractivity contribution in [1.29, 1.82) is 0 Å². The van der Waals surface area contributed by atoms with E-state index in [0.29, 0.717) is 12.0 Å². The van der Waals surface area contributed by atoms with E-state index in [2.05, 4.69) is 31.7 Å². The zero-order valence-corrected chi connectivity index (χ0v) is 16.7. The largest absolute Gasteiger partial charge is 0.490 e. The van der Waals surface area contributed by atoms with E-state index in [9.17, 15) is 26.3 Å². The first-order chi connectivity index (χ1) is 14.6. The fraction of sp³-hybridized carbons (Fsp3) is 0.500. The Bertz CT molecular complexity index is 921. The van der Waals surface area contributed by atoms with Crippen molar-refractivity contribution in [3.05, 3.63) is 12.3 Å². The molecule has 10 nitrogen and oxygen atoms in total. The Morgan fingerprint density at radius 3 is 2.06 bits per heavy atom. The molecule has 2 aromatic heterocycles. The second kappa shape index (κ2) is 10.3. The molecule has 1 saturated heterocycles. The molecule has 3 heterocycles. The van der Waals surface area contributed by atoms with E-state index in [1.165, 1.54) is 0 Å². The first-order valence-electron chi connectivity index (χ1n) is 8.71. The molecule has 1 atom stereocenters. The Morgan fingerprint density at radius 2 is 1.62 bits per heavy atom. The van der Waals surface area contributed by atoms with Crippen LogP contribution in [0.25, 0.3) is 11.0 Å². The van der Waals surface area contributed by atoms with E-state index in [-0.39, 0.29) is 0 Å². The number of alkyl halides is 6. The zero-order valence-electron chi connectivity index (χ0n) is 16.7. The number of aromatic nitrogens is 3. The second-order valence-electron chi connectivity index (χ2n) is 6.42. The molecule has 0 aliphatic carbocycles. The van der Waals surface area contributed by atoms with Crippen molar-refractivity contribution < 1.29 is 46.1 Å². The van der Waals surface area contributed by atoms with Crippen LogP contribution >= 0.6 is 0 Å². The van der Waals surface area contributed by atoms with Crippen LogP contribution in [0, 0.1) is 0 Å². The lowest BCUT2D eigenvalue weighted by molar-refractivity contribution is -0.193. The highest BCUT2D eigenvalue weighted by atomic mass is 19.4. The molecule has 0 amide bonds. The summed E-state index contributed by atoms with van der Waals surface area (Å²) in [7, 11) is 2.01. The van der Waals surface area contributed by atoms with Crippen molar-refractivity contribution in [3.63, 3.8) is 0 Å². The highest BCUT2D eigenvalue weighted by Crippen LogP contribution is 2.27. The van der Waals surface area contributed by atoms with Crippen LogP contribution in [-0.4, -0.2) is 74.7 Å². The Morgan fingerprint density at radius 1 is 1.12 bits per heavy atom. The third kappa shape index (κ3) is 7.44. The van der Waals surface area contributed by atoms with Gasteiger partial charge in [0.1, 0.15) is 5.52 Å². The average molecular weight is 474 g/mol. The number of aryl methyl sites for hydroxylation is 1. The van der Waals surface area contributed by atoms with Crippen LogP contribution in [0.15, 0.2) is 12.3 Å². The first-order valence-corrected chi connectivity index (χ1v) is 8.71. The molecule has 0 spiro atoms. The molecule has 1 fully saturated rings. The van der Waals surface area contributed by atoms with E-state index in [0.717, 1.165) is 36.5 Å². The molecule has 1 aliphatic heterocycles. The number of nitrogens with zero attached hydrogens (tertiary/aromatic N) is 4. The molecular weight excluding hydrogens is 454 g/mol. The third-order valence-corrected chi connectivity index (χ3v) is 3.98. The van der Waals surface area contributed by atoms with E-state index in [1.54, 1.807) is 0 Å². The van der Waals surface area contributed by atoms with Crippen LogP contribution in [0.4, 0.5) is 38.1 Å².